The molecule has 1 aliphatic rings. The van der Waals surface area contributed by atoms with Crippen molar-refractivity contribution in [2.24, 2.45) is 0 Å². The molecule has 8 heteroatoms. The quantitative estimate of drug-likeness (QED) is 0.744. The van der Waals surface area contributed by atoms with Crippen LogP contribution >= 0.6 is 0 Å². The predicted octanol–water partition coefficient (Wildman–Crippen LogP) is 3.49. The van der Waals surface area contributed by atoms with Crippen molar-refractivity contribution in [3.8, 4) is 0 Å². The van der Waals surface area contributed by atoms with Gasteiger partial charge < -0.3 is 23.9 Å². The van der Waals surface area contributed by atoms with Gasteiger partial charge in [-0.3, -0.25) is 0 Å². The molecule has 0 aromatic carbocycles. The van der Waals surface area contributed by atoms with E-state index in [9.17, 15) is 14.7 Å². The molecule has 2 atom stereocenters. The van der Waals surface area contributed by atoms with Crippen molar-refractivity contribution >= 4 is 20.4 Å². The zero-order chi connectivity index (χ0) is 20.6. The molecular weight excluding hydrogens is 354 g/mol. The molecule has 0 aromatic rings. The number of amides is 1. The molecule has 0 aliphatic carbocycles. The van der Waals surface area contributed by atoms with Crippen LogP contribution in [0.1, 0.15) is 48.5 Å². The van der Waals surface area contributed by atoms with Gasteiger partial charge in [0.05, 0.1) is 25.3 Å². The number of nitrogens with zero attached hydrogens (tertiary/aromatic N) is 1. The van der Waals surface area contributed by atoms with Crippen molar-refractivity contribution in [1.82, 2.24) is 4.90 Å². The summed E-state index contributed by atoms with van der Waals surface area (Å²) in [5.74, 6) is -1.10. The molecular formula is C18H35NO6Si. The van der Waals surface area contributed by atoms with Crippen LogP contribution in [0.25, 0.3) is 0 Å². The van der Waals surface area contributed by atoms with Crippen LogP contribution < -0.4 is 0 Å². The lowest BCUT2D eigenvalue weighted by molar-refractivity contribution is -0.152. The Morgan fingerprint density at radius 2 is 1.73 bits per heavy atom. The van der Waals surface area contributed by atoms with Crippen LogP contribution in [0.5, 0.6) is 0 Å². The topological polar surface area (TPSA) is 85.3 Å². The second kappa shape index (κ2) is 7.48. The maximum atomic E-state index is 12.6. The first kappa shape index (κ1) is 22.9. The van der Waals surface area contributed by atoms with Crippen LogP contribution in [-0.2, 0) is 18.7 Å². The minimum Gasteiger partial charge on any atom is -0.479 e. The van der Waals surface area contributed by atoms with Gasteiger partial charge in [0.15, 0.2) is 14.4 Å². The highest BCUT2D eigenvalue weighted by Gasteiger charge is 2.46. The Morgan fingerprint density at radius 3 is 2.15 bits per heavy atom. The van der Waals surface area contributed by atoms with Crippen LogP contribution in [0.2, 0.25) is 18.1 Å². The highest BCUT2D eigenvalue weighted by Crippen LogP contribution is 2.40. The summed E-state index contributed by atoms with van der Waals surface area (Å²) in [5, 5.41) is 9.37. The molecule has 0 aromatic heterocycles. The molecule has 1 aliphatic heterocycles. The van der Waals surface area contributed by atoms with Crippen LogP contribution in [-0.4, -0.2) is 67.4 Å². The number of rotatable bonds is 3. The molecule has 0 saturated carbocycles. The molecule has 1 fully saturated rings. The summed E-state index contributed by atoms with van der Waals surface area (Å²) in [7, 11) is -2.15. The van der Waals surface area contributed by atoms with E-state index in [4.69, 9.17) is 13.9 Å². The fourth-order valence-corrected chi connectivity index (χ4v) is 4.15. The Hall–Kier alpha value is -1.12. The third-order valence-corrected chi connectivity index (χ3v) is 9.35. The number of ether oxygens (including phenoxy) is 2. The number of hydrogen-bond donors (Lipinski definition) is 1. The highest BCUT2D eigenvalue weighted by molar-refractivity contribution is 6.74. The first-order valence-electron chi connectivity index (χ1n) is 8.98. The van der Waals surface area contributed by atoms with Crippen LogP contribution in [0.3, 0.4) is 0 Å². The van der Waals surface area contributed by atoms with E-state index in [1.54, 1.807) is 20.8 Å². The molecule has 1 heterocycles. The molecule has 1 N–H and O–H groups in total. The Kier molecular flexibility index (Phi) is 6.59. The van der Waals surface area contributed by atoms with Crippen molar-refractivity contribution in [3.63, 3.8) is 0 Å². The Morgan fingerprint density at radius 1 is 1.19 bits per heavy atom. The SMILES string of the molecule is CC(C)(C)OC(=O)N1CC(C(=O)O)OCC(C)(O[Si](C)(C)C(C)(C)C)C1. The molecule has 7 nitrogen and oxygen atoms in total. The third kappa shape index (κ3) is 6.24. The molecule has 26 heavy (non-hydrogen) atoms. The summed E-state index contributed by atoms with van der Waals surface area (Å²) in [6.07, 6.45) is -1.66. The third-order valence-electron chi connectivity index (χ3n) is 4.74. The van der Waals surface area contributed by atoms with Gasteiger partial charge in [0.25, 0.3) is 0 Å². The molecule has 0 spiro atoms. The van der Waals surface area contributed by atoms with E-state index in [1.165, 1.54) is 4.90 Å². The van der Waals surface area contributed by atoms with Crippen LogP contribution in [0, 0.1) is 0 Å². The monoisotopic (exact) mass is 389 g/mol. The fourth-order valence-electron chi connectivity index (χ4n) is 2.49. The Labute approximate surface area is 158 Å². The lowest BCUT2D eigenvalue weighted by atomic mass is 10.1. The average molecular weight is 390 g/mol. The van der Waals surface area contributed by atoms with Gasteiger partial charge in [-0.2, -0.15) is 0 Å². The summed E-state index contributed by atoms with van der Waals surface area (Å²) < 4.78 is 17.6. The molecule has 0 radical (unpaired) electrons. The molecule has 1 saturated heterocycles. The number of carboxylic acid groups (broad SMARTS) is 1. The Bertz CT molecular complexity index is 537. The zero-order valence-corrected chi connectivity index (χ0v) is 18.6. The summed E-state index contributed by atoms with van der Waals surface area (Å²) in [6, 6.07) is 0. The molecule has 0 bridgehead atoms. The van der Waals surface area contributed by atoms with Gasteiger partial charge in [0.1, 0.15) is 5.60 Å². The van der Waals surface area contributed by atoms with Gasteiger partial charge in [-0.05, 0) is 45.8 Å². The minimum atomic E-state index is -2.15. The fraction of sp³-hybridized carbons (Fsp3) is 0.889. The summed E-state index contributed by atoms with van der Waals surface area (Å²) >= 11 is 0. The minimum absolute atomic E-state index is 0.0226. The predicted molar refractivity (Wildman–Crippen MR) is 102 cm³/mol. The van der Waals surface area contributed by atoms with E-state index in [0.29, 0.717) is 0 Å². The van der Waals surface area contributed by atoms with E-state index in [1.807, 2.05) is 6.92 Å². The first-order chi connectivity index (χ1) is 11.5. The second-order valence-corrected chi connectivity index (χ2v) is 14.5. The molecule has 1 amide bonds. The lowest BCUT2D eigenvalue weighted by Gasteiger charge is -2.44. The number of carboxylic acids is 1. The van der Waals surface area contributed by atoms with E-state index >= 15 is 0 Å². The maximum absolute atomic E-state index is 12.6. The smallest absolute Gasteiger partial charge is 0.410 e. The van der Waals surface area contributed by atoms with E-state index in [-0.39, 0.29) is 24.7 Å². The average Bonchev–Trinajstić information content (AvgIpc) is 2.54. The molecule has 152 valence electrons. The summed E-state index contributed by atoms with van der Waals surface area (Å²) in [6.45, 7) is 18.1. The van der Waals surface area contributed by atoms with E-state index in [2.05, 4.69) is 33.9 Å². The summed E-state index contributed by atoms with van der Waals surface area (Å²) in [4.78, 5) is 25.5. The normalized spacial score (nSPS) is 25.6. The van der Waals surface area contributed by atoms with Crippen molar-refractivity contribution < 1.29 is 28.6 Å². The zero-order valence-electron chi connectivity index (χ0n) is 17.6. The second-order valence-electron chi connectivity index (χ2n) is 9.81. The molecule has 2 unspecified atom stereocenters. The van der Waals surface area contributed by atoms with E-state index < -0.39 is 37.7 Å². The number of aliphatic carboxylic acids is 1. The van der Waals surface area contributed by atoms with Crippen LogP contribution in [0.4, 0.5) is 4.79 Å². The van der Waals surface area contributed by atoms with Crippen molar-refractivity contribution in [3.05, 3.63) is 0 Å². The van der Waals surface area contributed by atoms with Crippen molar-refractivity contribution in [2.75, 3.05) is 19.7 Å². The lowest BCUT2D eigenvalue weighted by Crippen LogP contribution is -2.55. The first-order valence-corrected chi connectivity index (χ1v) is 11.9. The van der Waals surface area contributed by atoms with E-state index in [0.717, 1.165) is 0 Å². The van der Waals surface area contributed by atoms with Crippen LogP contribution in [0.15, 0.2) is 0 Å². The van der Waals surface area contributed by atoms with Gasteiger partial charge in [-0.25, -0.2) is 9.59 Å². The van der Waals surface area contributed by atoms with Gasteiger partial charge in [-0.1, -0.05) is 20.8 Å². The maximum Gasteiger partial charge on any atom is 0.410 e. The van der Waals surface area contributed by atoms with Gasteiger partial charge in [-0.15, -0.1) is 0 Å². The Balaban J connectivity index is 3.10. The number of hydrogen-bond acceptors (Lipinski definition) is 5. The summed E-state index contributed by atoms with van der Waals surface area (Å²) in [5.41, 5.74) is -1.47. The largest absolute Gasteiger partial charge is 0.479 e. The number of carbonyl (C=O) groups is 2. The van der Waals surface area contributed by atoms with Gasteiger partial charge in [0, 0.05) is 0 Å². The number of carbonyl (C=O) groups excluding carboxylic acids is 1. The highest BCUT2D eigenvalue weighted by atomic mass is 28.4. The molecule has 1 rings (SSSR count). The van der Waals surface area contributed by atoms with Gasteiger partial charge >= 0.3 is 12.1 Å². The standard InChI is InChI=1S/C18H35NO6Si/c1-16(2,3)24-15(22)19-10-13(14(20)21)23-12-18(7,11-19)25-26(8,9)17(4,5)6/h13H,10-12H2,1-9H3,(H,20,21). The van der Waals surface area contributed by atoms with Crippen molar-refractivity contribution in [1.29, 1.82) is 0 Å². The van der Waals surface area contributed by atoms with Gasteiger partial charge in [0.2, 0.25) is 0 Å². The van der Waals surface area contributed by atoms with Crippen molar-refractivity contribution in [2.45, 2.75) is 83.9 Å².